The van der Waals surface area contributed by atoms with Gasteiger partial charge in [0.2, 0.25) is 11.2 Å². The summed E-state index contributed by atoms with van der Waals surface area (Å²) in [6.07, 6.45) is 1.61. The van der Waals surface area contributed by atoms with Crippen molar-refractivity contribution in [1.82, 2.24) is 15.2 Å². The molecule has 0 radical (unpaired) electrons. The molecule has 2 rings (SSSR count). The Labute approximate surface area is 125 Å². The Morgan fingerprint density at radius 2 is 2.10 bits per heavy atom. The SMILES string of the molecule is CC(C)[n+]1cc(NC(=O)CSc2nc(N)cc(N)n2)on1. The first kappa shape index (κ1) is 15.0. The van der Waals surface area contributed by atoms with Crippen molar-refractivity contribution in [2.45, 2.75) is 25.0 Å². The maximum Gasteiger partial charge on any atom is 0.302 e. The van der Waals surface area contributed by atoms with Gasteiger partial charge in [-0.1, -0.05) is 11.8 Å². The molecule has 21 heavy (non-hydrogen) atoms. The summed E-state index contributed by atoms with van der Waals surface area (Å²) in [7, 11) is 0. The number of carbonyl (C=O) groups is 1. The highest BCUT2D eigenvalue weighted by Crippen LogP contribution is 2.16. The fourth-order valence-corrected chi connectivity index (χ4v) is 2.06. The summed E-state index contributed by atoms with van der Waals surface area (Å²) in [4.78, 5) is 19.7. The zero-order chi connectivity index (χ0) is 15.4. The fraction of sp³-hybridized carbons (Fsp3) is 0.364. The Morgan fingerprint density at radius 1 is 1.43 bits per heavy atom. The monoisotopic (exact) mass is 310 g/mol. The quantitative estimate of drug-likeness (QED) is 0.405. The van der Waals surface area contributed by atoms with Crippen LogP contribution in [-0.4, -0.2) is 26.9 Å². The average Bonchev–Trinajstić information content (AvgIpc) is 2.84. The minimum absolute atomic E-state index is 0.102. The Bertz CT molecular complexity index is 623. The lowest BCUT2D eigenvalue weighted by atomic mass is 10.4. The van der Waals surface area contributed by atoms with Gasteiger partial charge in [0.15, 0.2) is 11.2 Å². The Balaban J connectivity index is 1.89. The molecule has 0 atom stereocenters. The van der Waals surface area contributed by atoms with E-state index >= 15 is 0 Å². The number of hydrogen-bond donors (Lipinski definition) is 3. The molecule has 0 unspecified atom stereocenters. The van der Waals surface area contributed by atoms with E-state index in [1.165, 1.54) is 6.07 Å². The molecular weight excluding hydrogens is 294 g/mol. The average molecular weight is 310 g/mol. The normalized spacial score (nSPS) is 10.8. The first-order chi connectivity index (χ1) is 9.94. The van der Waals surface area contributed by atoms with Gasteiger partial charge in [-0.2, -0.15) is 0 Å². The zero-order valence-electron chi connectivity index (χ0n) is 11.6. The second-order valence-corrected chi connectivity index (χ2v) is 5.42. The summed E-state index contributed by atoms with van der Waals surface area (Å²) >= 11 is 1.13. The number of nitrogens with two attached hydrogens (primary N) is 2. The summed E-state index contributed by atoms with van der Waals surface area (Å²) < 4.78 is 6.59. The molecule has 112 valence electrons. The van der Waals surface area contributed by atoms with E-state index in [1.54, 1.807) is 10.9 Å². The highest BCUT2D eigenvalue weighted by Gasteiger charge is 2.17. The van der Waals surface area contributed by atoms with Gasteiger partial charge in [0.25, 0.3) is 6.20 Å². The summed E-state index contributed by atoms with van der Waals surface area (Å²) in [5.41, 5.74) is 11.1. The predicted molar refractivity (Wildman–Crippen MR) is 77.3 cm³/mol. The molecule has 2 heterocycles. The van der Waals surface area contributed by atoms with E-state index < -0.39 is 0 Å². The van der Waals surface area contributed by atoms with Gasteiger partial charge in [-0.15, -0.1) is 0 Å². The van der Waals surface area contributed by atoms with Crippen molar-refractivity contribution < 1.29 is 14.0 Å². The lowest BCUT2D eigenvalue weighted by Gasteiger charge is -2.02. The molecule has 2 aromatic heterocycles. The minimum atomic E-state index is -0.267. The number of hydrogen-bond acceptors (Lipinski definition) is 8. The van der Waals surface area contributed by atoms with Crippen molar-refractivity contribution in [1.29, 1.82) is 0 Å². The number of amides is 1. The van der Waals surface area contributed by atoms with E-state index in [0.717, 1.165) is 11.8 Å². The standard InChI is InChI=1S/C11H15N7O2S/c1-6(2)18-4-10(20-17-18)16-9(19)5-21-11-14-7(12)3-8(13)15-11/h3-4,6H,5H2,1-2H3,(H4-,12,13,14,15,16,17,19)/p+1. The third-order valence-corrected chi connectivity index (χ3v) is 3.20. The molecule has 0 saturated heterocycles. The number of anilines is 3. The number of rotatable bonds is 5. The first-order valence-electron chi connectivity index (χ1n) is 6.15. The number of carbonyl (C=O) groups excluding carboxylic acids is 1. The first-order valence-corrected chi connectivity index (χ1v) is 7.13. The van der Waals surface area contributed by atoms with Crippen LogP contribution in [0.25, 0.3) is 0 Å². The van der Waals surface area contributed by atoms with E-state index in [9.17, 15) is 4.79 Å². The molecule has 0 aliphatic heterocycles. The number of aromatic nitrogens is 4. The van der Waals surface area contributed by atoms with E-state index in [2.05, 4.69) is 20.6 Å². The highest BCUT2D eigenvalue weighted by molar-refractivity contribution is 7.99. The van der Waals surface area contributed by atoms with Crippen LogP contribution in [0, 0.1) is 0 Å². The van der Waals surface area contributed by atoms with Gasteiger partial charge in [0, 0.05) is 6.07 Å². The molecule has 0 fully saturated rings. The van der Waals surface area contributed by atoms with Gasteiger partial charge in [-0.25, -0.2) is 9.97 Å². The molecule has 0 spiro atoms. The van der Waals surface area contributed by atoms with Crippen molar-refractivity contribution in [2.75, 3.05) is 22.5 Å². The van der Waals surface area contributed by atoms with Crippen LogP contribution >= 0.6 is 11.8 Å². The molecule has 1 amide bonds. The molecule has 5 N–H and O–H groups in total. The molecule has 0 bridgehead atoms. The van der Waals surface area contributed by atoms with Crippen molar-refractivity contribution >= 4 is 35.2 Å². The number of nitrogen functional groups attached to an aromatic ring is 2. The predicted octanol–water partition coefficient (Wildman–Crippen LogP) is 0.228. The summed E-state index contributed by atoms with van der Waals surface area (Å²) in [6.45, 7) is 3.90. The van der Waals surface area contributed by atoms with Gasteiger partial charge in [0.1, 0.15) is 11.6 Å². The van der Waals surface area contributed by atoms with Crippen LogP contribution in [0.4, 0.5) is 17.5 Å². The van der Waals surface area contributed by atoms with E-state index in [0.29, 0.717) is 5.16 Å². The molecule has 10 heteroatoms. The Hall–Kier alpha value is -2.36. The fourth-order valence-electron chi connectivity index (χ4n) is 1.39. The topological polar surface area (TPSA) is 137 Å². The van der Waals surface area contributed by atoms with Crippen LogP contribution in [0.5, 0.6) is 0 Å². The third kappa shape index (κ3) is 4.31. The van der Waals surface area contributed by atoms with E-state index in [4.69, 9.17) is 16.0 Å². The van der Waals surface area contributed by atoms with E-state index in [-0.39, 0.29) is 35.2 Å². The summed E-state index contributed by atoms with van der Waals surface area (Å²) in [5, 5.41) is 6.71. The highest BCUT2D eigenvalue weighted by atomic mass is 32.2. The Morgan fingerprint density at radius 3 is 2.67 bits per heavy atom. The van der Waals surface area contributed by atoms with Gasteiger partial charge < -0.3 is 11.5 Å². The maximum absolute atomic E-state index is 11.8. The van der Waals surface area contributed by atoms with Gasteiger partial charge in [-0.05, 0) is 18.5 Å². The summed E-state index contributed by atoms with van der Waals surface area (Å²) in [6, 6.07) is 1.60. The van der Waals surface area contributed by atoms with Gasteiger partial charge in [-0.3, -0.25) is 14.6 Å². The lowest BCUT2D eigenvalue weighted by molar-refractivity contribution is -0.779. The smallest absolute Gasteiger partial charge is 0.302 e. The van der Waals surface area contributed by atoms with Gasteiger partial charge >= 0.3 is 5.88 Å². The van der Waals surface area contributed by atoms with Crippen LogP contribution in [0.3, 0.4) is 0 Å². The van der Waals surface area contributed by atoms with Crippen molar-refractivity contribution in [3.8, 4) is 0 Å². The van der Waals surface area contributed by atoms with Crippen molar-refractivity contribution in [3.63, 3.8) is 0 Å². The molecular formula is C11H16N7O2S+. The molecule has 0 aromatic carbocycles. The Kier molecular flexibility index (Phi) is 4.58. The molecule has 0 aliphatic rings. The van der Waals surface area contributed by atoms with Gasteiger partial charge in [0.05, 0.1) is 5.75 Å². The van der Waals surface area contributed by atoms with Crippen LogP contribution in [-0.2, 0) is 4.79 Å². The minimum Gasteiger partial charge on any atom is -0.383 e. The maximum atomic E-state index is 11.8. The number of nitrogens with zero attached hydrogens (tertiary/aromatic N) is 4. The van der Waals surface area contributed by atoms with Crippen molar-refractivity contribution in [2.24, 2.45) is 0 Å². The largest absolute Gasteiger partial charge is 0.383 e. The molecule has 2 aromatic rings. The molecule has 9 nitrogen and oxygen atoms in total. The van der Waals surface area contributed by atoms with Crippen LogP contribution in [0.15, 0.2) is 21.9 Å². The van der Waals surface area contributed by atoms with E-state index in [1.807, 2.05) is 13.8 Å². The zero-order valence-corrected chi connectivity index (χ0v) is 12.4. The summed E-state index contributed by atoms with van der Waals surface area (Å²) in [5.74, 6) is 0.641. The lowest BCUT2D eigenvalue weighted by Crippen LogP contribution is -2.36. The van der Waals surface area contributed by atoms with Crippen molar-refractivity contribution in [3.05, 3.63) is 12.3 Å². The number of nitrogens with one attached hydrogen (secondary N) is 1. The second kappa shape index (κ2) is 6.39. The van der Waals surface area contributed by atoms with Crippen LogP contribution in [0.2, 0.25) is 0 Å². The molecule has 0 saturated carbocycles. The second-order valence-electron chi connectivity index (χ2n) is 4.48. The van der Waals surface area contributed by atoms with Crippen LogP contribution < -0.4 is 21.5 Å². The third-order valence-electron chi connectivity index (χ3n) is 2.35. The number of thioether (sulfide) groups is 1. The molecule has 0 aliphatic carbocycles. The van der Waals surface area contributed by atoms with Crippen LogP contribution in [0.1, 0.15) is 19.9 Å².